The third kappa shape index (κ3) is 3.31. The van der Waals surface area contributed by atoms with Gasteiger partial charge >= 0.3 is 0 Å². The number of aromatic nitrogens is 2. The number of fused-ring (bicyclic) bond motifs is 1. The van der Waals surface area contributed by atoms with Gasteiger partial charge in [0.1, 0.15) is 11.5 Å². The van der Waals surface area contributed by atoms with Crippen LogP contribution in [0.4, 0.5) is 4.39 Å². The van der Waals surface area contributed by atoms with E-state index in [1.807, 2.05) is 35.0 Å². The molecule has 3 aromatic rings. The highest BCUT2D eigenvalue weighted by atomic mass is 19.1. The van der Waals surface area contributed by atoms with Gasteiger partial charge in [0.2, 0.25) is 5.91 Å². The molecule has 22 heavy (non-hydrogen) atoms. The van der Waals surface area contributed by atoms with Gasteiger partial charge in [-0.05, 0) is 30.2 Å². The number of imidazole rings is 1. The fourth-order valence-electron chi connectivity index (χ4n) is 2.34. The summed E-state index contributed by atoms with van der Waals surface area (Å²) in [5.74, 6) is -0.350. The van der Waals surface area contributed by atoms with Crippen LogP contribution in [0, 0.1) is 5.82 Å². The Morgan fingerprint density at radius 1 is 1.18 bits per heavy atom. The molecule has 1 N–H and O–H groups in total. The molecule has 5 heteroatoms. The van der Waals surface area contributed by atoms with Crippen molar-refractivity contribution in [2.24, 2.45) is 0 Å². The highest BCUT2D eigenvalue weighted by molar-refractivity contribution is 5.78. The van der Waals surface area contributed by atoms with Gasteiger partial charge in [-0.2, -0.15) is 0 Å². The molecule has 0 radical (unpaired) electrons. The van der Waals surface area contributed by atoms with Gasteiger partial charge in [-0.15, -0.1) is 0 Å². The lowest BCUT2D eigenvalue weighted by molar-refractivity contribution is -0.120. The summed E-state index contributed by atoms with van der Waals surface area (Å²) in [7, 11) is 0. The lowest BCUT2D eigenvalue weighted by Crippen LogP contribution is -2.27. The molecule has 4 nitrogen and oxygen atoms in total. The standard InChI is InChI=1S/C17H16FN3O/c18-15-6-2-1-5-13(15)8-9-19-17(22)11-14-12-21-10-4-3-7-16(21)20-14/h1-7,10,12H,8-9,11H2,(H,19,22). The second-order valence-electron chi connectivity index (χ2n) is 5.07. The number of pyridine rings is 1. The fourth-order valence-corrected chi connectivity index (χ4v) is 2.34. The summed E-state index contributed by atoms with van der Waals surface area (Å²) in [4.78, 5) is 16.3. The van der Waals surface area contributed by atoms with E-state index in [-0.39, 0.29) is 18.1 Å². The van der Waals surface area contributed by atoms with Crippen LogP contribution in [0.5, 0.6) is 0 Å². The Hall–Kier alpha value is -2.69. The van der Waals surface area contributed by atoms with Gasteiger partial charge < -0.3 is 9.72 Å². The van der Waals surface area contributed by atoms with Gasteiger partial charge in [0.05, 0.1) is 12.1 Å². The first-order valence-electron chi connectivity index (χ1n) is 7.15. The summed E-state index contributed by atoms with van der Waals surface area (Å²) in [5.41, 5.74) is 2.14. The number of hydrogen-bond donors (Lipinski definition) is 1. The van der Waals surface area contributed by atoms with Crippen LogP contribution in [0.2, 0.25) is 0 Å². The topological polar surface area (TPSA) is 46.4 Å². The maximum Gasteiger partial charge on any atom is 0.226 e. The Morgan fingerprint density at radius 2 is 2.00 bits per heavy atom. The number of amides is 1. The van der Waals surface area contributed by atoms with Crippen LogP contribution in [0.3, 0.4) is 0 Å². The summed E-state index contributed by atoms with van der Waals surface area (Å²) in [6.07, 6.45) is 4.43. The molecule has 0 aliphatic carbocycles. The van der Waals surface area contributed by atoms with Gasteiger partial charge in [0.25, 0.3) is 0 Å². The van der Waals surface area contributed by atoms with Crippen LogP contribution in [-0.4, -0.2) is 21.8 Å². The van der Waals surface area contributed by atoms with Crippen molar-refractivity contribution in [1.29, 1.82) is 0 Å². The summed E-state index contributed by atoms with van der Waals surface area (Å²) in [5, 5.41) is 2.80. The SMILES string of the molecule is O=C(Cc1cn2ccccc2n1)NCCc1ccccc1F. The van der Waals surface area contributed by atoms with E-state index >= 15 is 0 Å². The largest absolute Gasteiger partial charge is 0.355 e. The highest BCUT2D eigenvalue weighted by Gasteiger charge is 2.07. The minimum atomic E-state index is -0.239. The van der Waals surface area contributed by atoms with Gasteiger partial charge in [0, 0.05) is 18.9 Å². The zero-order valence-corrected chi connectivity index (χ0v) is 12.0. The Morgan fingerprint density at radius 3 is 2.82 bits per heavy atom. The summed E-state index contributed by atoms with van der Waals surface area (Å²) >= 11 is 0. The normalized spacial score (nSPS) is 10.8. The van der Waals surface area contributed by atoms with Crippen LogP contribution in [0.25, 0.3) is 5.65 Å². The maximum absolute atomic E-state index is 13.5. The van der Waals surface area contributed by atoms with E-state index in [4.69, 9.17) is 0 Å². The number of hydrogen-bond acceptors (Lipinski definition) is 2. The third-order valence-corrected chi connectivity index (χ3v) is 3.43. The molecule has 2 aromatic heterocycles. The molecule has 3 rings (SSSR count). The highest BCUT2D eigenvalue weighted by Crippen LogP contribution is 2.07. The average Bonchev–Trinajstić information content (AvgIpc) is 2.91. The van der Waals surface area contributed by atoms with E-state index < -0.39 is 0 Å². The number of halogens is 1. The zero-order valence-electron chi connectivity index (χ0n) is 12.0. The number of benzene rings is 1. The van der Waals surface area contributed by atoms with E-state index in [9.17, 15) is 9.18 Å². The van der Waals surface area contributed by atoms with E-state index in [1.165, 1.54) is 6.07 Å². The molecule has 0 fully saturated rings. The number of rotatable bonds is 5. The van der Waals surface area contributed by atoms with E-state index in [2.05, 4.69) is 10.3 Å². The summed E-state index contributed by atoms with van der Waals surface area (Å²) in [6.45, 7) is 0.410. The fraction of sp³-hybridized carbons (Fsp3) is 0.176. The Bertz CT molecular complexity index is 764. The monoisotopic (exact) mass is 297 g/mol. The third-order valence-electron chi connectivity index (χ3n) is 3.43. The Balaban J connectivity index is 1.53. The van der Waals surface area contributed by atoms with Crippen molar-refractivity contribution in [2.45, 2.75) is 12.8 Å². The van der Waals surface area contributed by atoms with Crippen molar-refractivity contribution in [2.75, 3.05) is 6.54 Å². The molecule has 0 saturated carbocycles. The molecule has 112 valence electrons. The lowest BCUT2D eigenvalue weighted by atomic mass is 10.1. The number of nitrogens with one attached hydrogen (secondary N) is 1. The van der Waals surface area contributed by atoms with Crippen molar-refractivity contribution in [1.82, 2.24) is 14.7 Å². The molecule has 1 aromatic carbocycles. The van der Waals surface area contributed by atoms with Crippen molar-refractivity contribution < 1.29 is 9.18 Å². The van der Waals surface area contributed by atoms with Crippen molar-refractivity contribution in [3.8, 4) is 0 Å². The molecule has 2 heterocycles. The molecule has 1 amide bonds. The Kier molecular flexibility index (Phi) is 4.14. The van der Waals surface area contributed by atoms with Crippen LogP contribution >= 0.6 is 0 Å². The summed E-state index contributed by atoms with van der Waals surface area (Å²) < 4.78 is 15.3. The van der Waals surface area contributed by atoms with Gasteiger partial charge in [-0.1, -0.05) is 24.3 Å². The first-order chi connectivity index (χ1) is 10.7. The average molecular weight is 297 g/mol. The molecular formula is C17H16FN3O. The van der Waals surface area contributed by atoms with Crippen LogP contribution in [-0.2, 0) is 17.6 Å². The number of carbonyl (C=O) groups excluding carboxylic acids is 1. The van der Waals surface area contributed by atoms with Crippen LogP contribution < -0.4 is 5.32 Å². The van der Waals surface area contributed by atoms with Gasteiger partial charge in [0.15, 0.2) is 0 Å². The maximum atomic E-state index is 13.5. The first kappa shape index (κ1) is 14.3. The molecule has 0 spiro atoms. The minimum Gasteiger partial charge on any atom is -0.355 e. The van der Waals surface area contributed by atoms with Crippen LogP contribution in [0.1, 0.15) is 11.3 Å². The second-order valence-corrected chi connectivity index (χ2v) is 5.07. The van der Waals surface area contributed by atoms with E-state index in [0.29, 0.717) is 18.5 Å². The zero-order chi connectivity index (χ0) is 15.4. The lowest BCUT2D eigenvalue weighted by Gasteiger charge is -2.05. The Labute approximate surface area is 127 Å². The summed E-state index contributed by atoms with van der Waals surface area (Å²) in [6, 6.07) is 12.3. The predicted octanol–water partition coefficient (Wildman–Crippen LogP) is 2.37. The van der Waals surface area contributed by atoms with E-state index in [1.54, 1.807) is 18.2 Å². The molecule has 0 atom stereocenters. The number of nitrogens with zero attached hydrogens (tertiary/aromatic N) is 2. The first-order valence-corrected chi connectivity index (χ1v) is 7.15. The minimum absolute atomic E-state index is 0.111. The van der Waals surface area contributed by atoms with Crippen LogP contribution in [0.15, 0.2) is 54.9 Å². The quantitative estimate of drug-likeness (QED) is 0.786. The molecule has 0 aliphatic heterocycles. The number of carbonyl (C=O) groups is 1. The molecule has 0 aliphatic rings. The van der Waals surface area contributed by atoms with E-state index in [0.717, 1.165) is 11.3 Å². The molecule has 0 bridgehead atoms. The molecule has 0 saturated heterocycles. The molecular weight excluding hydrogens is 281 g/mol. The molecule has 0 unspecified atom stereocenters. The van der Waals surface area contributed by atoms with Crippen molar-refractivity contribution >= 4 is 11.6 Å². The van der Waals surface area contributed by atoms with Gasteiger partial charge in [-0.25, -0.2) is 9.37 Å². The second kappa shape index (κ2) is 6.39. The van der Waals surface area contributed by atoms with Gasteiger partial charge in [-0.3, -0.25) is 4.79 Å². The van der Waals surface area contributed by atoms with Crippen molar-refractivity contribution in [3.63, 3.8) is 0 Å². The van der Waals surface area contributed by atoms with Crippen molar-refractivity contribution in [3.05, 3.63) is 71.9 Å². The smallest absolute Gasteiger partial charge is 0.226 e. The predicted molar refractivity (Wildman–Crippen MR) is 82.0 cm³/mol.